The van der Waals surface area contributed by atoms with E-state index >= 15 is 0 Å². The summed E-state index contributed by atoms with van der Waals surface area (Å²) in [6.45, 7) is 1.98. The molecule has 0 aliphatic carbocycles. The fraction of sp³-hybridized carbons (Fsp3) is 0.182. The molecule has 3 aromatic rings. The van der Waals surface area contributed by atoms with Gasteiger partial charge in [-0.15, -0.1) is 0 Å². The molecule has 1 aromatic heterocycles. The van der Waals surface area contributed by atoms with E-state index in [4.69, 9.17) is 11.5 Å². The standard InChI is InChI=1S/C22H24N6O.2H2/c23-19(7-9-21(24)28-10-1-2-11-28)15-4-3-5-18(13-15)26-22(29)16-6-8-20-17(12-16)14-25-27-20;;/h3-9,12-14H,1-2,10-11,23-24H2,(H,25,27)(H,26,29);2*1H/b19-7-,21-9+;;. The van der Waals surface area contributed by atoms with Crippen molar-refractivity contribution < 1.29 is 7.65 Å². The smallest absolute Gasteiger partial charge is 0.255 e. The lowest BCUT2D eigenvalue weighted by Crippen LogP contribution is -2.24. The minimum Gasteiger partial charge on any atom is -0.398 e. The summed E-state index contributed by atoms with van der Waals surface area (Å²) in [5.74, 6) is 0.538. The van der Waals surface area contributed by atoms with Crippen LogP contribution in [0, 0.1) is 0 Å². The topological polar surface area (TPSA) is 113 Å². The predicted molar refractivity (Wildman–Crippen MR) is 120 cm³/mol. The van der Waals surface area contributed by atoms with Crippen molar-refractivity contribution in [1.29, 1.82) is 0 Å². The number of aromatic amines is 1. The Kier molecular flexibility index (Phi) is 5.20. The zero-order valence-electron chi connectivity index (χ0n) is 16.1. The summed E-state index contributed by atoms with van der Waals surface area (Å²) < 4.78 is 0. The van der Waals surface area contributed by atoms with Crippen molar-refractivity contribution in [2.24, 2.45) is 11.5 Å². The molecule has 1 saturated heterocycles. The van der Waals surface area contributed by atoms with Crippen LogP contribution in [0.15, 0.2) is 66.6 Å². The molecule has 6 N–H and O–H groups in total. The molecule has 1 fully saturated rings. The van der Waals surface area contributed by atoms with Gasteiger partial charge in [0.05, 0.1) is 17.5 Å². The maximum Gasteiger partial charge on any atom is 0.255 e. The number of nitrogens with zero attached hydrogens (tertiary/aromatic N) is 2. The normalized spacial score (nSPS) is 15.1. The molecule has 2 aromatic carbocycles. The van der Waals surface area contributed by atoms with Crippen LogP contribution in [0.4, 0.5) is 5.69 Å². The van der Waals surface area contributed by atoms with Crippen molar-refractivity contribution in [3.8, 4) is 0 Å². The van der Waals surface area contributed by atoms with E-state index in [0.29, 0.717) is 16.9 Å². The maximum absolute atomic E-state index is 12.6. The summed E-state index contributed by atoms with van der Waals surface area (Å²) in [6.07, 6.45) is 7.68. The van der Waals surface area contributed by atoms with E-state index in [9.17, 15) is 4.79 Å². The van der Waals surface area contributed by atoms with Gasteiger partial charge in [0.1, 0.15) is 0 Å². The third kappa shape index (κ3) is 4.24. The number of allylic oxidation sites excluding steroid dienone is 2. The van der Waals surface area contributed by atoms with Crippen LogP contribution in [0.3, 0.4) is 0 Å². The molecule has 0 saturated carbocycles. The predicted octanol–water partition coefficient (Wildman–Crippen LogP) is 3.50. The molecule has 1 amide bonds. The van der Waals surface area contributed by atoms with Crippen LogP contribution in [-0.2, 0) is 0 Å². The Hall–Kier alpha value is -3.74. The van der Waals surface area contributed by atoms with Gasteiger partial charge in [-0.2, -0.15) is 5.10 Å². The molecule has 1 aliphatic heterocycles. The minimum atomic E-state index is -0.189. The lowest BCUT2D eigenvalue weighted by atomic mass is 10.1. The average molecular weight is 393 g/mol. The number of fused-ring (bicyclic) bond motifs is 1. The number of hydrogen-bond acceptors (Lipinski definition) is 5. The number of likely N-dealkylation sites (tertiary alicyclic amines) is 1. The van der Waals surface area contributed by atoms with Crippen molar-refractivity contribution in [2.75, 3.05) is 18.4 Å². The first-order chi connectivity index (χ1) is 14.1. The highest BCUT2D eigenvalue weighted by atomic mass is 16.1. The van der Waals surface area contributed by atoms with Gasteiger partial charge in [-0.1, -0.05) is 12.1 Å². The van der Waals surface area contributed by atoms with Crippen molar-refractivity contribution in [1.82, 2.24) is 15.1 Å². The van der Waals surface area contributed by atoms with Crippen molar-refractivity contribution in [3.05, 3.63) is 77.8 Å². The van der Waals surface area contributed by atoms with Gasteiger partial charge in [-0.25, -0.2) is 0 Å². The van der Waals surface area contributed by atoms with Gasteiger partial charge in [-0.3, -0.25) is 9.89 Å². The summed E-state index contributed by atoms with van der Waals surface area (Å²) in [7, 11) is 0. The van der Waals surface area contributed by atoms with Crippen molar-refractivity contribution in [3.63, 3.8) is 0 Å². The van der Waals surface area contributed by atoms with Gasteiger partial charge < -0.3 is 21.7 Å². The molecule has 4 rings (SSSR count). The maximum atomic E-state index is 12.6. The Morgan fingerprint density at radius 2 is 1.93 bits per heavy atom. The van der Waals surface area contributed by atoms with Crippen LogP contribution in [-0.4, -0.2) is 34.1 Å². The fourth-order valence-corrected chi connectivity index (χ4v) is 3.42. The van der Waals surface area contributed by atoms with Gasteiger partial charge in [0.25, 0.3) is 5.91 Å². The van der Waals surface area contributed by atoms with Crippen LogP contribution in [0.5, 0.6) is 0 Å². The van der Waals surface area contributed by atoms with E-state index in [-0.39, 0.29) is 8.76 Å². The number of nitrogens with one attached hydrogen (secondary N) is 2. The molecular weight excluding hydrogens is 364 g/mol. The van der Waals surface area contributed by atoms with E-state index in [1.165, 1.54) is 12.8 Å². The van der Waals surface area contributed by atoms with E-state index in [0.717, 1.165) is 35.4 Å². The zero-order valence-corrected chi connectivity index (χ0v) is 16.1. The summed E-state index contributed by atoms with van der Waals surface area (Å²) in [6, 6.07) is 12.8. The molecule has 152 valence electrons. The molecule has 1 aliphatic rings. The SMILES string of the molecule is N/C(=C\C=C(/N)N1CCCC1)c1cccc(NC(=O)c2ccc3[nH]ncc3c2)c1.[HH].[HH]. The number of amides is 1. The van der Waals surface area contributed by atoms with Crippen LogP contribution < -0.4 is 16.8 Å². The first kappa shape index (κ1) is 18.6. The van der Waals surface area contributed by atoms with Gasteiger partial charge in [0.15, 0.2) is 0 Å². The molecule has 0 spiro atoms. The number of carbonyl (C=O) groups is 1. The molecule has 0 bridgehead atoms. The number of hydrogen-bond donors (Lipinski definition) is 4. The number of nitrogens with two attached hydrogens (primary N) is 2. The summed E-state index contributed by atoms with van der Waals surface area (Å²) in [4.78, 5) is 14.8. The quantitative estimate of drug-likeness (QED) is 0.496. The molecule has 0 unspecified atom stereocenters. The zero-order chi connectivity index (χ0) is 20.2. The van der Waals surface area contributed by atoms with Crippen molar-refractivity contribution >= 4 is 28.2 Å². The molecule has 0 radical (unpaired) electrons. The third-order valence-electron chi connectivity index (χ3n) is 5.06. The lowest BCUT2D eigenvalue weighted by molar-refractivity contribution is 0.102. The van der Waals surface area contributed by atoms with Crippen LogP contribution in [0.25, 0.3) is 16.6 Å². The Labute approximate surface area is 172 Å². The monoisotopic (exact) mass is 392 g/mol. The largest absolute Gasteiger partial charge is 0.398 e. The molecular formula is C22H28N6O. The minimum absolute atomic E-state index is 0. The van der Waals surface area contributed by atoms with Gasteiger partial charge in [-0.05, 0) is 60.9 Å². The summed E-state index contributed by atoms with van der Waals surface area (Å²) in [5.41, 5.74) is 15.9. The number of benzene rings is 2. The van der Waals surface area contributed by atoms with Gasteiger partial charge >= 0.3 is 0 Å². The van der Waals surface area contributed by atoms with E-state index in [2.05, 4.69) is 20.4 Å². The Morgan fingerprint density at radius 1 is 1.10 bits per heavy atom. The Balaban J connectivity index is 0.00000171. The molecule has 29 heavy (non-hydrogen) atoms. The highest BCUT2D eigenvalue weighted by Crippen LogP contribution is 2.19. The molecule has 0 atom stereocenters. The second kappa shape index (κ2) is 8.10. The average Bonchev–Trinajstić information content (AvgIpc) is 3.43. The van der Waals surface area contributed by atoms with E-state index in [1.807, 2.05) is 36.4 Å². The second-order valence-corrected chi connectivity index (χ2v) is 7.11. The number of anilines is 1. The first-order valence-electron chi connectivity index (χ1n) is 9.63. The number of rotatable bonds is 5. The highest BCUT2D eigenvalue weighted by molar-refractivity contribution is 6.06. The first-order valence-corrected chi connectivity index (χ1v) is 9.63. The van der Waals surface area contributed by atoms with Crippen LogP contribution >= 0.6 is 0 Å². The second-order valence-electron chi connectivity index (χ2n) is 7.11. The lowest BCUT2D eigenvalue weighted by Gasteiger charge is -2.16. The molecule has 7 heteroatoms. The molecule has 2 heterocycles. The number of aromatic nitrogens is 2. The third-order valence-corrected chi connectivity index (χ3v) is 5.06. The van der Waals surface area contributed by atoms with Gasteiger partial charge in [0.2, 0.25) is 0 Å². The van der Waals surface area contributed by atoms with Crippen LogP contribution in [0.1, 0.15) is 31.6 Å². The number of H-pyrrole nitrogens is 1. The van der Waals surface area contributed by atoms with Crippen molar-refractivity contribution in [2.45, 2.75) is 12.8 Å². The Morgan fingerprint density at radius 3 is 2.76 bits per heavy atom. The van der Waals surface area contributed by atoms with E-state index in [1.54, 1.807) is 24.4 Å². The molecule has 7 nitrogen and oxygen atoms in total. The summed E-state index contributed by atoms with van der Waals surface area (Å²) >= 11 is 0. The summed E-state index contributed by atoms with van der Waals surface area (Å²) in [5, 5.41) is 10.7. The Bertz CT molecular complexity index is 1100. The number of carbonyl (C=O) groups excluding carboxylic acids is 1. The highest BCUT2D eigenvalue weighted by Gasteiger charge is 2.12. The van der Waals surface area contributed by atoms with E-state index < -0.39 is 0 Å². The van der Waals surface area contributed by atoms with Crippen LogP contribution in [0.2, 0.25) is 0 Å². The van der Waals surface area contributed by atoms with Gasteiger partial charge in [0, 0.05) is 38.3 Å². The fourth-order valence-electron chi connectivity index (χ4n) is 3.42.